The predicted octanol–water partition coefficient (Wildman–Crippen LogP) is 4.40. The summed E-state index contributed by atoms with van der Waals surface area (Å²) in [4.78, 5) is 12.5. The Kier molecular flexibility index (Phi) is 5.63. The minimum Gasteiger partial charge on any atom is -0.349 e. The van der Waals surface area contributed by atoms with E-state index in [4.69, 9.17) is 0 Å². The van der Waals surface area contributed by atoms with Crippen LogP contribution in [0.1, 0.15) is 69.5 Å². The standard InChI is InChI=1S/C18H27NO/c1-3-8-15(9-4-2)18(20)19-17-13-7-11-14-10-5-6-12-16(14)17/h5-6,10,12,15,17H,3-4,7-9,11,13H2,1-2H3,(H,19,20)/t17-/m0/s1. The number of rotatable bonds is 6. The van der Waals surface area contributed by atoms with Gasteiger partial charge in [0.1, 0.15) is 0 Å². The predicted molar refractivity (Wildman–Crippen MR) is 83.6 cm³/mol. The molecule has 0 spiro atoms. The van der Waals surface area contributed by atoms with E-state index in [2.05, 4.69) is 43.4 Å². The van der Waals surface area contributed by atoms with Crippen molar-refractivity contribution >= 4 is 5.91 Å². The van der Waals surface area contributed by atoms with E-state index in [0.717, 1.165) is 38.5 Å². The number of carbonyl (C=O) groups excluding carboxylic acids is 1. The van der Waals surface area contributed by atoms with Gasteiger partial charge in [-0.25, -0.2) is 0 Å². The Morgan fingerprint density at radius 2 is 1.95 bits per heavy atom. The summed E-state index contributed by atoms with van der Waals surface area (Å²) in [6.45, 7) is 4.32. The highest BCUT2D eigenvalue weighted by Gasteiger charge is 2.24. The summed E-state index contributed by atoms with van der Waals surface area (Å²) in [5, 5.41) is 3.31. The van der Waals surface area contributed by atoms with E-state index in [1.165, 1.54) is 17.5 Å². The molecule has 1 amide bonds. The van der Waals surface area contributed by atoms with Crippen LogP contribution in [0.25, 0.3) is 0 Å². The Bertz CT molecular complexity index is 435. The van der Waals surface area contributed by atoms with Crippen LogP contribution in [0.2, 0.25) is 0 Å². The van der Waals surface area contributed by atoms with Gasteiger partial charge in [0.2, 0.25) is 5.91 Å². The number of carbonyl (C=O) groups is 1. The molecule has 0 aliphatic heterocycles. The molecular formula is C18H27NO. The molecule has 0 heterocycles. The normalized spacial score (nSPS) is 17.9. The zero-order chi connectivity index (χ0) is 14.4. The summed E-state index contributed by atoms with van der Waals surface area (Å²) in [5.41, 5.74) is 2.74. The minimum absolute atomic E-state index is 0.194. The topological polar surface area (TPSA) is 29.1 Å². The average molecular weight is 273 g/mol. The molecule has 0 saturated carbocycles. The second-order valence-electron chi connectivity index (χ2n) is 5.93. The van der Waals surface area contributed by atoms with Gasteiger partial charge in [0.25, 0.3) is 0 Å². The molecule has 110 valence electrons. The van der Waals surface area contributed by atoms with Crippen molar-refractivity contribution in [2.75, 3.05) is 0 Å². The summed E-state index contributed by atoms with van der Waals surface area (Å²) in [5.74, 6) is 0.453. The van der Waals surface area contributed by atoms with Crippen molar-refractivity contribution in [1.29, 1.82) is 0 Å². The van der Waals surface area contributed by atoms with Crippen LogP contribution in [0.5, 0.6) is 0 Å². The molecule has 0 saturated heterocycles. The maximum Gasteiger partial charge on any atom is 0.223 e. The Hall–Kier alpha value is -1.31. The average Bonchev–Trinajstić information content (AvgIpc) is 2.47. The number of fused-ring (bicyclic) bond motifs is 1. The van der Waals surface area contributed by atoms with E-state index in [1.807, 2.05) is 0 Å². The molecule has 2 nitrogen and oxygen atoms in total. The van der Waals surface area contributed by atoms with E-state index < -0.39 is 0 Å². The van der Waals surface area contributed by atoms with Gasteiger partial charge in [-0.05, 0) is 43.2 Å². The van der Waals surface area contributed by atoms with Gasteiger partial charge >= 0.3 is 0 Å². The number of aryl methyl sites for hydroxylation is 1. The van der Waals surface area contributed by atoms with E-state index >= 15 is 0 Å². The summed E-state index contributed by atoms with van der Waals surface area (Å²) in [6, 6.07) is 8.78. The third-order valence-electron chi connectivity index (χ3n) is 4.33. The highest BCUT2D eigenvalue weighted by molar-refractivity contribution is 5.79. The number of benzene rings is 1. The lowest BCUT2D eigenvalue weighted by molar-refractivity contribution is -0.126. The first-order valence-electron chi connectivity index (χ1n) is 8.14. The van der Waals surface area contributed by atoms with Gasteiger partial charge in [-0.2, -0.15) is 0 Å². The summed E-state index contributed by atoms with van der Waals surface area (Å²) in [7, 11) is 0. The van der Waals surface area contributed by atoms with Crippen molar-refractivity contribution in [2.24, 2.45) is 5.92 Å². The fourth-order valence-electron chi connectivity index (χ4n) is 3.30. The second-order valence-corrected chi connectivity index (χ2v) is 5.93. The van der Waals surface area contributed by atoms with Gasteiger partial charge < -0.3 is 5.32 Å². The van der Waals surface area contributed by atoms with Crippen molar-refractivity contribution in [3.8, 4) is 0 Å². The van der Waals surface area contributed by atoms with Gasteiger partial charge in [0.15, 0.2) is 0 Å². The van der Waals surface area contributed by atoms with Crippen LogP contribution in [0, 0.1) is 5.92 Å². The SMILES string of the molecule is CCCC(CCC)C(=O)N[C@H]1CCCc2ccccc21. The number of hydrogen-bond acceptors (Lipinski definition) is 1. The summed E-state index contributed by atoms with van der Waals surface area (Å²) >= 11 is 0. The van der Waals surface area contributed by atoms with E-state index in [0.29, 0.717) is 0 Å². The van der Waals surface area contributed by atoms with Crippen molar-refractivity contribution in [1.82, 2.24) is 5.32 Å². The molecule has 1 N–H and O–H groups in total. The first-order valence-corrected chi connectivity index (χ1v) is 8.14. The van der Waals surface area contributed by atoms with Crippen molar-refractivity contribution < 1.29 is 4.79 Å². The highest BCUT2D eigenvalue weighted by Crippen LogP contribution is 2.30. The zero-order valence-electron chi connectivity index (χ0n) is 12.8. The largest absolute Gasteiger partial charge is 0.349 e. The molecule has 0 radical (unpaired) electrons. The lowest BCUT2D eigenvalue weighted by Crippen LogP contribution is -2.35. The van der Waals surface area contributed by atoms with Crippen LogP contribution >= 0.6 is 0 Å². The van der Waals surface area contributed by atoms with Crippen molar-refractivity contribution in [2.45, 2.75) is 64.8 Å². The monoisotopic (exact) mass is 273 g/mol. The first-order chi connectivity index (χ1) is 9.76. The Morgan fingerprint density at radius 3 is 2.65 bits per heavy atom. The molecule has 20 heavy (non-hydrogen) atoms. The van der Waals surface area contributed by atoms with Crippen molar-refractivity contribution in [3.63, 3.8) is 0 Å². The lowest BCUT2D eigenvalue weighted by atomic mass is 9.87. The van der Waals surface area contributed by atoms with Gasteiger partial charge in [0, 0.05) is 5.92 Å². The molecular weight excluding hydrogens is 246 g/mol. The fraction of sp³-hybridized carbons (Fsp3) is 0.611. The molecule has 0 aromatic heterocycles. The maximum absolute atomic E-state index is 12.5. The molecule has 0 fully saturated rings. The zero-order valence-corrected chi connectivity index (χ0v) is 12.8. The molecule has 1 aromatic rings. The third kappa shape index (κ3) is 3.62. The van der Waals surface area contributed by atoms with Gasteiger partial charge in [0.05, 0.1) is 6.04 Å². The number of amides is 1. The third-order valence-corrected chi connectivity index (χ3v) is 4.33. The van der Waals surface area contributed by atoms with Crippen LogP contribution < -0.4 is 5.32 Å². The molecule has 0 unspecified atom stereocenters. The van der Waals surface area contributed by atoms with Crippen molar-refractivity contribution in [3.05, 3.63) is 35.4 Å². The smallest absolute Gasteiger partial charge is 0.223 e. The van der Waals surface area contributed by atoms with Gasteiger partial charge in [-0.3, -0.25) is 4.79 Å². The Labute approximate surface area is 123 Å². The quantitative estimate of drug-likeness (QED) is 0.818. The highest BCUT2D eigenvalue weighted by atomic mass is 16.1. The molecule has 1 aromatic carbocycles. The molecule has 2 heteroatoms. The van der Waals surface area contributed by atoms with Crippen LogP contribution in [-0.4, -0.2) is 5.91 Å². The minimum atomic E-state index is 0.194. The number of hydrogen-bond donors (Lipinski definition) is 1. The van der Waals surface area contributed by atoms with E-state index in [9.17, 15) is 4.79 Å². The van der Waals surface area contributed by atoms with E-state index in [1.54, 1.807) is 0 Å². The Morgan fingerprint density at radius 1 is 1.25 bits per heavy atom. The van der Waals surface area contributed by atoms with E-state index in [-0.39, 0.29) is 17.9 Å². The Balaban J connectivity index is 2.04. The molecule has 1 aliphatic rings. The maximum atomic E-state index is 12.5. The van der Waals surface area contributed by atoms with Crippen LogP contribution in [0.3, 0.4) is 0 Å². The fourth-order valence-corrected chi connectivity index (χ4v) is 3.30. The first kappa shape index (κ1) is 15.1. The van der Waals surface area contributed by atoms with Crippen LogP contribution in [-0.2, 0) is 11.2 Å². The molecule has 2 rings (SSSR count). The van der Waals surface area contributed by atoms with Crippen LogP contribution in [0.4, 0.5) is 0 Å². The van der Waals surface area contributed by atoms with Crippen LogP contribution in [0.15, 0.2) is 24.3 Å². The molecule has 0 bridgehead atoms. The summed E-state index contributed by atoms with van der Waals surface area (Å²) in [6.07, 6.45) is 7.58. The number of nitrogens with one attached hydrogen (secondary N) is 1. The summed E-state index contributed by atoms with van der Waals surface area (Å²) < 4.78 is 0. The second kappa shape index (κ2) is 7.47. The molecule has 1 atom stereocenters. The van der Waals surface area contributed by atoms with Gasteiger partial charge in [-0.1, -0.05) is 51.0 Å². The van der Waals surface area contributed by atoms with Gasteiger partial charge in [-0.15, -0.1) is 0 Å². The molecule has 1 aliphatic carbocycles. The lowest BCUT2D eigenvalue weighted by Gasteiger charge is -2.28.